The number of urea groups is 1. The van der Waals surface area contributed by atoms with E-state index in [1.165, 1.54) is 6.26 Å². The predicted molar refractivity (Wildman–Crippen MR) is 81.1 cm³/mol. The molecule has 6 heteroatoms. The summed E-state index contributed by atoms with van der Waals surface area (Å²) >= 11 is 0. The maximum atomic E-state index is 11.8. The van der Waals surface area contributed by atoms with E-state index in [9.17, 15) is 9.90 Å². The van der Waals surface area contributed by atoms with E-state index in [2.05, 4.69) is 16.7 Å². The molecule has 1 atom stereocenters. The van der Waals surface area contributed by atoms with Gasteiger partial charge in [-0.05, 0) is 36.8 Å². The van der Waals surface area contributed by atoms with Gasteiger partial charge in [0.15, 0.2) is 0 Å². The van der Waals surface area contributed by atoms with Crippen molar-refractivity contribution in [2.75, 3.05) is 11.9 Å². The first-order valence-corrected chi connectivity index (χ1v) is 6.78. The van der Waals surface area contributed by atoms with Crippen molar-refractivity contribution in [3.63, 3.8) is 0 Å². The third-order valence-electron chi connectivity index (χ3n) is 3.14. The Morgan fingerprint density at radius 3 is 2.68 bits per heavy atom. The third kappa shape index (κ3) is 4.11. The number of rotatable bonds is 5. The average molecular weight is 299 g/mol. The highest BCUT2D eigenvalue weighted by Gasteiger charge is 2.26. The Morgan fingerprint density at radius 1 is 1.36 bits per heavy atom. The Bertz CT molecular complexity index is 655. The Kier molecular flexibility index (Phi) is 4.81. The van der Waals surface area contributed by atoms with E-state index in [1.807, 2.05) is 0 Å². The van der Waals surface area contributed by atoms with Gasteiger partial charge in [0, 0.05) is 5.69 Å². The highest BCUT2D eigenvalue weighted by atomic mass is 16.4. The van der Waals surface area contributed by atoms with E-state index in [0.717, 1.165) is 5.56 Å². The van der Waals surface area contributed by atoms with Gasteiger partial charge in [-0.15, -0.1) is 0 Å². The molecule has 1 aromatic carbocycles. The molecule has 0 aliphatic rings. The normalized spacial score (nSPS) is 13.0. The molecule has 2 amide bonds. The second-order valence-corrected chi connectivity index (χ2v) is 5.09. The molecule has 0 bridgehead atoms. The van der Waals surface area contributed by atoms with Crippen LogP contribution in [0.3, 0.4) is 0 Å². The number of nitrogens with zero attached hydrogens (tertiary/aromatic N) is 1. The van der Waals surface area contributed by atoms with Gasteiger partial charge < -0.3 is 20.2 Å². The number of carbonyl (C=O) groups excluding carboxylic acids is 1. The molecule has 1 heterocycles. The van der Waals surface area contributed by atoms with Crippen LogP contribution >= 0.6 is 0 Å². The number of nitrogens with one attached hydrogen (secondary N) is 2. The highest BCUT2D eigenvalue weighted by Crippen LogP contribution is 2.19. The van der Waals surface area contributed by atoms with Gasteiger partial charge in [0.25, 0.3) is 0 Å². The zero-order valence-electron chi connectivity index (χ0n) is 12.2. The standard InChI is InChI=1S/C16H17N3O3/c1-16(21,14-3-2-10-22-14)11-18-15(20)19-13-6-4-12(5-7-13)8-9-17/h2-7,10,21H,8,11H2,1H3,(H2,18,19,20). The van der Waals surface area contributed by atoms with Crippen molar-refractivity contribution in [2.45, 2.75) is 18.9 Å². The summed E-state index contributed by atoms with van der Waals surface area (Å²) in [6.07, 6.45) is 1.80. The molecule has 1 aromatic heterocycles. The van der Waals surface area contributed by atoms with E-state index in [1.54, 1.807) is 43.3 Å². The lowest BCUT2D eigenvalue weighted by molar-refractivity contribution is 0.0372. The van der Waals surface area contributed by atoms with Crippen molar-refractivity contribution < 1.29 is 14.3 Å². The molecule has 114 valence electrons. The highest BCUT2D eigenvalue weighted by molar-refractivity contribution is 5.89. The second kappa shape index (κ2) is 6.78. The molecule has 0 radical (unpaired) electrons. The van der Waals surface area contributed by atoms with Crippen molar-refractivity contribution in [1.82, 2.24) is 5.32 Å². The number of anilines is 1. The number of furan rings is 1. The molecule has 22 heavy (non-hydrogen) atoms. The summed E-state index contributed by atoms with van der Waals surface area (Å²) in [4.78, 5) is 11.8. The van der Waals surface area contributed by atoms with E-state index >= 15 is 0 Å². The number of carbonyl (C=O) groups is 1. The predicted octanol–water partition coefficient (Wildman–Crippen LogP) is 2.37. The Balaban J connectivity index is 1.86. The van der Waals surface area contributed by atoms with Crippen LogP contribution in [0.25, 0.3) is 0 Å². The first-order valence-electron chi connectivity index (χ1n) is 6.78. The summed E-state index contributed by atoms with van der Waals surface area (Å²) in [6.45, 7) is 1.57. The van der Waals surface area contributed by atoms with Crippen molar-refractivity contribution in [1.29, 1.82) is 5.26 Å². The van der Waals surface area contributed by atoms with E-state index in [4.69, 9.17) is 9.68 Å². The molecule has 0 fully saturated rings. The molecule has 1 unspecified atom stereocenters. The fraction of sp³-hybridized carbons (Fsp3) is 0.250. The number of nitriles is 1. The largest absolute Gasteiger partial charge is 0.466 e. The summed E-state index contributed by atoms with van der Waals surface area (Å²) in [5, 5.41) is 24.1. The van der Waals surface area contributed by atoms with E-state index in [0.29, 0.717) is 17.9 Å². The fourth-order valence-electron chi connectivity index (χ4n) is 1.90. The lowest BCUT2D eigenvalue weighted by Gasteiger charge is -2.21. The van der Waals surface area contributed by atoms with Crippen LogP contribution in [0.5, 0.6) is 0 Å². The van der Waals surface area contributed by atoms with Crippen LogP contribution in [0.1, 0.15) is 18.2 Å². The van der Waals surface area contributed by atoms with Gasteiger partial charge in [-0.3, -0.25) is 0 Å². The molecule has 2 rings (SSSR count). The molecular formula is C16H17N3O3. The van der Waals surface area contributed by atoms with Gasteiger partial charge in [-0.1, -0.05) is 12.1 Å². The molecule has 2 aromatic rings. The zero-order chi connectivity index (χ0) is 16.0. The van der Waals surface area contributed by atoms with Gasteiger partial charge in [-0.25, -0.2) is 4.79 Å². The number of aliphatic hydroxyl groups is 1. The third-order valence-corrected chi connectivity index (χ3v) is 3.14. The van der Waals surface area contributed by atoms with Crippen LogP contribution < -0.4 is 10.6 Å². The second-order valence-electron chi connectivity index (χ2n) is 5.09. The lowest BCUT2D eigenvalue weighted by atomic mass is 10.0. The number of amides is 2. The summed E-state index contributed by atoms with van der Waals surface area (Å²) in [7, 11) is 0. The van der Waals surface area contributed by atoms with Crippen LogP contribution in [-0.2, 0) is 12.0 Å². The van der Waals surface area contributed by atoms with E-state index < -0.39 is 11.6 Å². The zero-order valence-corrected chi connectivity index (χ0v) is 12.2. The molecule has 6 nitrogen and oxygen atoms in total. The van der Waals surface area contributed by atoms with Crippen LogP contribution in [0.4, 0.5) is 10.5 Å². The van der Waals surface area contributed by atoms with Crippen LogP contribution in [-0.4, -0.2) is 17.7 Å². The number of hydrogen-bond acceptors (Lipinski definition) is 4. The monoisotopic (exact) mass is 299 g/mol. The summed E-state index contributed by atoms with van der Waals surface area (Å²) < 4.78 is 5.14. The summed E-state index contributed by atoms with van der Waals surface area (Å²) in [5.74, 6) is 0.383. The van der Waals surface area contributed by atoms with Crippen LogP contribution in [0.15, 0.2) is 47.1 Å². The van der Waals surface area contributed by atoms with E-state index in [-0.39, 0.29) is 6.54 Å². The fourth-order valence-corrected chi connectivity index (χ4v) is 1.90. The topological polar surface area (TPSA) is 98.3 Å². The lowest BCUT2D eigenvalue weighted by Crippen LogP contribution is -2.40. The summed E-state index contributed by atoms with van der Waals surface area (Å²) in [5.41, 5.74) is 0.211. The van der Waals surface area contributed by atoms with Crippen molar-refractivity contribution >= 4 is 11.7 Å². The van der Waals surface area contributed by atoms with Crippen molar-refractivity contribution in [2.24, 2.45) is 0 Å². The average Bonchev–Trinajstić information content (AvgIpc) is 3.03. The molecule has 0 aliphatic carbocycles. The Labute approximate surface area is 128 Å². The molecule has 0 aliphatic heterocycles. The van der Waals surface area contributed by atoms with Gasteiger partial charge >= 0.3 is 6.03 Å². The van der Waals surface area contributed by atoms with Gasteiger partial charge in [0.2, 0.25) is 0 Å². The van der Waals surface area contributed by atoms with Gasteiger partial charge in [-0.2, -0.15) is 5.26 Å². The number of hydrogen-bond donors (Lipinski definition) is 3. The molecule has 0 saturated carbocycles. The van der Waals surface area contributed by atoms with Crippen LogP contribution in [0.2, 0.25) is 0 Å². The molecule has 3 N–H and O–H groups in total. The first kappa shape index (κ1) is 15.6. The molecule has 0 spiro atoms. The van der Waals surface area contributed by atoms with Gasteiger partial charge in [0.05, 0.1) is 25.3 Å². The maximum absolute atomic E-state index is 11.8. The minimum absolute atomic E-state index is 0.0128. The SMILES string of the molecule is CC(O)(CNC(=O)Nc1ccc(CC#N)cc1)c1ccco1. The molecular weight excluding hydrogens is 282 g/mol. The van der Waals surface area contributed by atoms with Crippen LogP contribution in [0, 0.1) is 11.3 Å². The smallest absolute Gasteiger partial charge is 0.319 e. The Morgan fingerprint density at radius 2 is 2.09 bits per heavy atom. The molecule has 0 saturated heterocycles. The summed E-state index contributed by atoms with van der Waals surface area (Å²) in [6, 6.07) is 11.9. The Hall–Kier alpha value is -2.78. The van der Waals surface area contributed by atoms with Crippen molar-refractivity contribution in [3.05, 3.63) is 54.0 Å². The van der Waals surface area contributed by atoms with Gasteiger partial charge in [0.1, 0.15) is 11.4 Å². The number of benzene rings is 1. The minimum atomic E-state index is -1.28. The minimum Gasteiger partial charge on any atom is -0.466 e. The quantitative estimate of drug-likeness (QED) is 0.789. The van der Waals surface area contributed by atoms with Crippen molar-refractivity contribution in [3.8, 4) is 6.07 Å². The first-order chi connectivity index (χ1) is 10.5. The maximum Gasteiger partial charge on any atom is 0.319 e.